The topological polar surface area (TPSA) is 117 Å². The minimum Gasteiger partial charge on any atom is -0.493 e. The van der Waals surface area contributed by atoms with Crippen LogP contribution in [0.25, 0.3) is 0 Å². The van der Waals surface area contributed by atoms with Gasteiger partial charge in [0, 0.05) is 17.8 Å². The largest absolute Gasteiger partial charge is 0.493 e. The number of esters is 1. The summed E-state index contributed by atoms with van der Waals surface area (Å²) in [5, 5.41) is 13.0. The Morgan fingerprint density at radius 2 is 1.78 bits per heavy atom. The van der Waals surface area contributed by atoms with Crippen LogP contribution in [0.1, 0.15) is 5.56 Å². The van der Waals surface area contributed by atoms with Crippen LogP contribution < -0.4 is 14.8 Å². The highest BCUT2D eigenvalue weighted by atomic mass is 16.6. The summed E-state index contributed by atoms with van der Waals surface area (Å²) >= 11 is 0. The molecule has 9 heteroatoms. The fourth-order valence-corrected chi connectivity index (χ4v) is 2.08. The molecule has 0 unspecified atom stereocenters. The van der Waals surface area contributed by atoms with Crippen molar-refractivity contribution in [2.24, 2.45) is 0 Å². The van der Waals surface area contributed by atoms with Crippen molar-refractivity contribution in [1.82, 2.24) is 0 Å². The number of carbonyl (C=O) groups is 2. The van der Waals surface area contributed by atoms with Gasteiger partial charge >= 0.3 is 5.97 Å². The predicted octanol–water partition coefficient (Wildman–Crippen LogP) is 2.47. The lowest BCUT2D eigenvalue weighted by Crippen LogP contribution is -2.23. The second kappa shape index (κ2) is 9.18. The molecule has 1 amide bonds. The molecule has 27 heavy (non-hydrogen) atoms. The lowest BCUT2D eigenvalue weighted by atomic mass is 10.2. The molecule has 0 aromatic heterocycles. The standard InChI is InChI=1S/C18H18N2O7/c1-12-3-8-15(16(9-12)25-2)26-11-18(22)27-10-17(21)19-13-4-6-14(7-5-13)20(23)24/h3-9H,10-11H2,1-2H3,(H,19,21). The van der Waals surface area contributed by atoms with Crippen molar-refractivity contribution >= 4 is 23.3 Å². The maximum atomic E-state index is 11.8. The Hall–Kier alpha value is -3.62. The third-order valence-electron chi connectivity index (χ3n) is 3.39. The summed E-state index contributed by atoms with van der Waals surface area (Å²) in [7, 11) is 1.49. The Morgan fingerprint density at radius 3 is 2.41 bits per heavy atom. The highest BCUT2D eigenvalue weighted by Gasteiger charge is 2.12. The maximum absolute atomic E-state index is 11.8. The molecule has 0 spiro atoms. The van der Waals surface area contributed by atoms with Gasteiger partial charge in [-0.15, -0.1) is 0 Å². The summed E-state index contributed by atoms with van der Waals surface area (Å²) < 4.78 is 15.3. The first-order chi connectivity index (χ1) is 12.9. The van der Waals surface area contributed by atoms with E-state index in [0.29, 0.717) is 17.2 Å². The number of non-ortho nitro benzene ring substituents is 1. The first-order valence-electron chi connectivity index (χ1n) is 7.86. The molecule has 0 heterocycles. The minimum absolute atomic E-state index is 0.0943. The van der Waals surface area contributed by atoms with Gasteiger partial charge in [0.2, 0.25) is 0 Å². The lowest BCUT2D eigenvalue weighted by molar-refractivity contribution is -0.384. The van der Waals surface area contributed by atoms with E-state index in [0.717, 1.165) is 5.56 Å². The summed E-state index contributed by atoms with van der Waals surface area (Å²) in [6, 6.07) is 10.5. The van der Waals surface area contributed by atoms with Crippen LogP contribution >= 0.6 is 0 Å². The van der Waals surface area contributed by atoms with Crippen LogP contribution in [0, 0.1) is 17.0 Å². The van der Waals surface area contributed by atoms with E-state index in [1.807, 2.05) is 6.92 Å². The van der Waals surface area contributed by atoms with Crippen LogP contribution in [-0.2, 0) is 14.3 Å². The second-order valence-corrected chi connectivity index (χ2v) is 5.46. The van der Waals surface area contributed by atoms with Crippen molar-refractivity contribution in [1.29, 1.82) is 0 Å². The molecule has 0 aliphatic rings. The number of hydrogen-bond acceptors (Lipinski definition) is 7. The number of carbonyl (C=O) groups excluding carboxylic acids is 2. The van der Waals surface area contributed by atoms with Crippen molar-refractivity contribution < 1.29 is 28.7 Å². The number of amides is 1. The second-order valence-electron chi connectivity index (χ2n) is 5.46. The van der Waals surface area contributed by atoms with E-state index >= 15 is 0 Å². The van der Waals surface area contributed by atoms with E-state index in [9.17, 15) is 19.7 Å². The van der Waals surface area contributed by atoms with Crippen molar-refractivity contribution in [2.75, 3.05) is 25.6 Å². The number of anilines is 1. The van der Waals surface area contributed by atoms with E-state index < -0.39 is 23.4 Å². The van der Waals surface area contributed by atoms with Gasteiger partial charge in [0.25, 0.3) is 11.6 Å². The average Bonchev–Trinajstić information content (AvgIpc) is 2.65. The molecular weight excluding hydrogens is 356 g/mol. The van der Waals surface area contributed by atoms with Crippen molar-refractivity contribution in [3.05, 3.63) is 58.1 Å². The predicted molar refractivity (Wildman–Crippen MR) is 95.9 cm³/mol. The minimum atomic E-state index is -0.725. The molecule has 0 bridgehead atoms. The molecule has 0 fully saturated rings. The molecule has 9 nitrogen and oxygen atoms in total. The van der Waals surface area contributed by atoms with Gasteiger partial charge in [-0.2, -0.15) is 0 Å². The fourth-order valence-electron chi connectivity index (χ4n) is 2.08. The highest BCUT2D eigenvalue weighted by Crippen LogP contribution is 2.27. The molecule has 0 saturated carbocycles. The summed E-state index contributed by atoms with van der Waals surface area (Å²) in [6.07, 6.45) is 0. The zero-order valence-corrected chi connectivity index (χ0v) is 14.8. The van der Waals surface area contributed by atoms with Gasteiger partial charge in [-0.3, -0.25) is 14.9 Å². The molecule has 0 aliphatic carbocycles. The smallest absolute Gasteiger partial charge is 0.344 e. The van der Waals surface area contributed by atoms with E-state index in [4.69, 9.17) is 14.2 Å². The SMILES string of the molecule is COc1cc(C)ccc1OCC(=O)OCC(=O)Nc1ccc([N+](=O)[O-])cc1. The zero-order chi connectivity index (χ0) is 19.8. The number of ether oxygens (including phenoxy) is 3. The summed E-state index contributed by atoms with van der Waals surface area (Å²) in [5.74, 6) is -0.435. The molecule has 0 saturated heterocycles. The van der Waals surface area contributed by atoms with E-state index in [-0.39, 0.29) is 12.3 Å². The average molecular weight is 374 g/mol. The molecule has 1 N–H and O–H groups in total. The lowest BCUT2D eigenvalue weighted by Gasteiger charge is -2.11. The number of methoxy groups -OCH3 is 1. The first kappa shape index (κ1) is 19.7. The van der Waals surface area contributed by atoms with Gasteiger partial charge in [0.05, 0.1) is 12.0 Å². The van der Waals surface area contributed by atoms with Crippen LogP contribution in [-0.4, -0.2) is 37.1 Å². The molecule has 0 aliphatic heterocycles. The summed E-state index contributed by atoms with van der Waals surface area (Å²) in [4.78, 5) is 33.5. The fraction of sp³-hybridized carbons (Fsp3) is 0.222. The number of benzene rings is 2. The van der Waals surface area contributed by atoms with Crippen LogP contribution in [0.3, 0.4) is 0 Å². The monoisotopic (exact) mass is 374 g/mol. The van der Waals surface area contributed by atoms with Gasteiger partial charge in [-0.1, -0.05) is 6.07 Å². The highest BCUT2D eigenvalue weighted by molar-refractivity contribution is 5.92. The Kier molecular flexibility index (Phi) is 6.70. The molecule has 2 aromatic carbocycles. The zero-order valence-electron chi connectivity index (χ0n) is 14.8. The van der Waals surface area contributed by atoms with Gasteiger partial charge in [0.15, 0.2) is 24.7 Å². The molecule has 2 rings (SSSR count). The van der Waals surface area contributed by atoms with E-state index in [1.165, 1.54) is 31.4 Å². The van der Waals surface area contributed by atoms with Crippen molar-refractivity contribution in [2.45, 2.75) is 6.92 Å². The number of hydrogen-bond donors (Lipinski definition) is 1. The number of nitro benzene ring substituents is 1. The van der Waals surface area contributed by atoms with Crippen molar-refractivity contribution in [3.63, 3.8) is 0 Å². The Balaban J connectivity index is 1.78. The molecule has 2 aromatic rings. The first-order valence-corrected chi connectivity index (χ1v) is 7.86. The van der Waals surface area contributed by atoms with Crippen molar-refractivity contribution in [3.8, 4) is 11.5 Å². The van der Waals surface area contributed by atoms with E-state index in [1.54, 1.807) is 18.2 Å². The Labute approximate surface area is 155 Å². The van der Waals surface area contributed by atoms with Crippen LogP contribution in [0.15, 0.2) is 42.5 Å². The number of aryl methyl sites for hydroxylation is 1. The Bertz CT molecular complexity index is 834. The summed E-state index contributed by atoms with van der Waals surface area (Å²) in [6.45, 7) is 0.999. The third-order valence-corrected chi connectivity index (χ3v) is 3.39. The normalized spacial score (nSPS) is 10.0. The molecule has 0 atom stereocenters. The van der Waals surface area contributed by atoms with Gasteiger partial charge in [-0.05, 0) is 36.8 Å². The van der Waals surface area contributed by atoms with Crippen LogP contribution in [0.5, 0.6) is 11.5 Å². The van der Waals surface area contributed by atoms with Gasteiger partial charge in [0.1, 0.15) is 0 Å². The number of nitro groups is 1. The number of nitrogens with one attached hydrogen (secondary N) is 1. The summed E-state index contributed by atoms with van der Waals surface area (Å²) in [5.41, 5.74) is 1.23. The molecule has 142 valence electrons. The quantitative estimate of drug-likeness (QED) is 0.428. The van der Waals surface area contributed by atoms with Crippen LogP contribution in [0.4, 0.5) is 11.4 Å². The third kappa shape index (κ3) is 5.99. The van der Waals surface area contributed by atoms with Crippen LogP contribution in [0.2, 0.25) is 0 Å². The molecule has 0 radical (unpaired) electrons. The van der Waals surface area contributed by atoms with Gasteiger partial charge < -0.3 is 19.5 Å². The van der Waals surface area contributed by atoms with Gasteiger partial charge in [-0.25, -0.2) is 4.79 Å². The Morgan fingerprint density at radius 1 is 1.07 bits per heavy atom. The number of rotatable bonds is 8. The molecular formula is C18H18N2O7. The maximum Gasteiger partial charge on any atom is 0.344 e. The number of nitrogens with zero attached hydrogens (tertiary/aromatic N) is 1. The van der Waals surface area contributed by atoms with E-state index in [2.05, 4.69) is 5.32 Å².